The Morgan fingerprint density at radius 1 is 1.21 bits per heavy atom. The quantitative estimate of drug-likeness (QED) is 0.899. The molecule has 1 aliphatic heterocycles. The fourth-order valence-corrected chi connectivity index (χ4v) is 4.00. The van der Waals surface area contributed by atoms with Crippen LogP contribution in [0.3, 0.4) is 0 Å². The summed E-state index contributed by atoms with van der Waals surface area (Å²) in [6.45, 7) is 2.57. The van der Waals surface area contributed by atoms with E-state index in [4.69, 9.17) is 0 Å². The first kappa shape index (κ1) is 16.6. The Hall–Kier alpha value is -2.25. The summed E-state index contributed by atoms with van der Waals surface area (Å²) in [4.78, 5) is 17.6. The van der Waals surface area contributed by atoms with E-state index >= 15 is 0 Å². The number of carbonyl (C=O) groups excluding carboxylic acids is 1. The number of rotatable bonds is 5. The molecule has 1 aliphatic rings. The summed E-state index contributed by atoms with van der Waals surface area (Å²) < 4.78 is 27.9. The predicted octanol–water partition coefficient (Wildman–Crippen LogP) is 2.00. The molecule has 1 fully saturated rings. The number of sulfonamides is 1. The maximum absolute atomic E-state index is 12.6. The van der Waals surface area contributed by atoms with Crippen molar-refractivity contribution >= 4 is 21.6 Å². The Labute approximate surface area is 141 Å². The lowest BCUT2D eigenvalue weighted by Gasteiger charge is -2.18. The number of benzene rings is 1. The number of aryl methyl sites for hydroxylation is 1. The van der Waals surface area contributed by atoms with Crippen LogP contribution in [0.4, 0.5) is 5.69 Å². The van der Waals surface area contributed by atoms with Gasteiger partial charge in [0.2, 0.25) is 15.9 Å². The molecule has 1 amide bonds. The van der Waals surface area contributed by atoms with Crippen molar-refractivity contribution in [1.29, 1.82) is 0 Å². The van der Waals surface area contributed by atoms with Crippen molar-refractivity contribution < 1.29 is 13.2 Å². The fourth-order valence-electron chi connectivity index (χ4n) is 2.72. The number of nitrogens with one attached hydrogen (secondary N) is 1. The minimum atomic E-state index is -3.67. The van der Waals surface area contributed by atoms with Gasteiger partial charge < -0.3 is 4.90 Å². The topological polar surface area (TPSA) is 79.4 Å². The van der Waals surface area contributed by atoms with Crippen molar-refractivity contribution in [2.75, 3.05) is 11.4 Å². The van der Waals surface area contributed by atoms with Crippen LogP contribution in [-0.2, 0) is 21.4 Å². The van der Waals surface area contributed by atoms with Crippen molar-refractivity contribution in [3.63, 3.8) is 0 Å². The Morgan fingerprint density at radius 3 is 2.62 bits per heavy atom. The monoisotopic (exact) mass is 345 g/mol. The van der Waals surface area contributed by atoms with Gasteiger partial charge in [0.25, 0.3) is 0 Å². The van der Waals surface area contributed by atoms with Crippen molar-refractivity contribution in [2.24, 2.45) is 0 Å². The van der Waals surface area contributed by atoms with Gasteiger partial charge in [-0.15, -0.1) is 0 Å². The standard InChI is InChI=1S/C17H19N3O3S/c1-13-4-5-15(20-10-2-3-17(20)21)11-16(13)24(22,23)19-12-14-6-8-18-9-7-14/h4-9,11,19H,2-3,10,12H2,1H3. The van der Waals surface area contributed by atoms with Gasteiger partial charge in [0, 0.05) is 37.6 Å². The first-order valence-electron chi connectivity index (χ1n) is 7.77. The summed E-state index contributed by atoms with van der Waals surface area (Å²) in [6, 6.07) is 8.62. The van der Waals surface area contributed by atoms with Crippen LogP contribution in [0.5, 0.6) is 0 Å². The SMILES string of the molecule is Cc1ccc(N2CCCC2=O)cc1S(=O)(=O)NCc1ccncc1. The van der Waals surface area contributed by atoms with Gasteiger partial charge in [0.1, 0.15) is 0 Å². The number of carbonyl (C=O) groups is 1. The second kappa shape index (κ2) is 6.70. The van der Waals surface area contributed by atoms with E-state index in [1.807, 2.05) is 0 Å². The van der Waals surface area contributed by atoms with E-state index in [0.717, 1.165) is 12.0 Å². The highest BCUT2D eigenvalue weighted by atomic mass is 32.2. The first-order chi connectivity index (χ1) is 11.5. The molecule has 2 heterocycles. The molecule has 3 rings (SSSR count). The van der Waals surface area contributed by atoms with E-state index in [-0.39, 0.29) is 17.3 Å². The van der Waals surface area contributed by atoms with Crippen LogP contribution in [0, 0.1) is 6.92 Å². The summed E-state index contributed by atoms with van der Waals surface area (Å²) >= 11 is 0. The Morgan fingerprint density at radius 2 is 1.96 bits per heavy atom. The molecule has 0 radical (unpaired) electrons. The number of aromatic nitrogens is 1. The van der Waals surface area contributed by atoms with Crippen LogP contribution in [0.15, 0.2) is 47.6 Å². The molecule has 0 bridgehead atoms. The number of anilines is 1. The predicted molar refractivity (Wildman–Crippen MR) is 91.0 cm³/mol. The minimum absolute atomic E-state index is 0.0342. The smallest absolute Gasteiger partial charge is 0.241 e. The van der Waals surface area contributed by atoms with Crippen molar-refractivity contribution in [3.05, 3.63) is 53.9 Å². The van der Waals surface area contributed by atoms with E-state index in [0.29, 0.717) is 24.2 Å². The highest BCUT2D eigenvalue weighted by molar-refractivity contribution is 7.89. The number of hydrogen-bond acceptors (Lipinski definition) is 4. The highest BCUT2D eigenvalue weighted by Crippen LogP contribution is 2.26. The van der Waals surface area contributed by atoms with Gasteiger partial charge in [0.15, 0.2) is 0 Å². The molecule has 0 atom stereocenters. The van der Waals surface area contributed by atoms with Crippen molar-refractivity contribution in [3.8, 4) is 0 Å². The van der Waals surface area contributed by atoms with Crippen LogP contribution < -0.4 is 9.62 Å². The second-order valence-corrected chi connectivity index (χ2v) is 7.51. The third-order valence-electron chi connectivity index (χ3n) is 4.06. The second-order valence-electron chi connectivity index (χ2n) is 5.78. The van der Waals surface area contributed by atoms with Crippen molar-refractivity contribution in [1.82, 2.24) is 9.71 Å². The summed E-state index contributed by atoms with van der Waals surface area (Å²) in [5.74, 6) is 0.0342. The number of hydrogen-bond donors (Lipinski definition) is 1. The van der Waals surface area contributed by atoms with Gasteiger partial charge in [-0.25, -0.2) is 13.1 Å². The van der Waals surface area contributed by atoms with E-state index in [1.165, 1.54) is 0 Å². The normalized spacial score (nSPS) is 15.0. The first-order valence-corrected chi connectivity index (χ1v) is 9.25. The molecule has 1 aromatic heterocycles. The largest absolute Gasteiger partial charge is 0.312 e. The van der Waals surface area contributed by atoms with Crippen LogP contribution in [-0.4, -0.2) is 25.9 Å². The molecule has 1 aromatic carbocycles. The van der Waals surface area contributed by atoms with Crippen molar-refractivity contribution in [2.45, 2.75) is 31.2 Å². The van der Waals surface area contributed by atoms with E-state index in [2.05, 4.69) is 9.71 Å². The molecule has 24 heavy (non-hydrogen) atoms. The summed E-state index contributed by atoms with van der Waals surface area (Å²) in [5, 5.41) is 0. The van der Waals surface area contributed by atoms with Gasteiger partial charge >= 0.3 is 0 Å². The average Bonchev–Trinajstić information content (AvgIpc) is 3.00. The van der Waals surface area contributed by atoms with Crippen LogP contribution in [0.1, 0.15) is 24.0 Å². The van der Waals surface area contributed by atoms with Gasteiger partial charge in [-0.05, 0) is 48.7 Å². The molecule has 6 nitrogen and oxygen atoms in total. The summed E-state index contributed by atoms with van der Waals surface area (Å²) in [6.07, 6.45) is 4.55. The van der Waals surface area contributed by atoms with Gasteiger partial charge in [0.05, 0.1) is 4.90 Å². The maximum atomic E-state index is 12.6. The molecule has 0 spiro atoms. The molecule has 2 aromatic rings. The lowest BCUT2D eigenvalue weighted by molar-refractivity contribution is -0.117. The number of amides is 1. The molecule has 1 saturated heterocycles. The Kier molecular flexibility index (Phi) is 4.64. The van der Waals surface area contributed by atoms with E-state index in [1.54, 1.807) is 54.5 Å². The Bertz CT molecular complexity index is 851. The zero-order valence-electron chi connectivity index (χ0n) is 13.4. The van der Waals surface area contributed by atoms with Crippen LogP contribution in [0.2, 0.25) is 0 Å². The number of pyridine rings is 1. The summed E-state index contributed by atoms with van der Waals surface area (Å²) in [7, 11) is -3.67. The Balaban J connectivity index is 1.85. The van der Waals surface area contributed by atoms with Gasteiger partial charge in [-0.1, -0.05) is 6.07 Å². The lowest BCUT2D eigenvalue weighted by atomic mass is 10.2. The zero-order valence-corrected chi connectivity index (χ0v) is 14.2. The lowest BCUT2D eigenvalue weighted by Crippen LogP contribution is -2.26. The third kappa shape index (κ3) is 3.47. The maximum Gasteiger partial charge on any atom is 0.241 e. The van der Waals surface area contributed by atoms with E-state index in [9.17, 15) is 13.2 Å². The number of nitrogens with zero attached hydrogens (tertiary/aromatic N) is 2. The van der Waals surface area contributed by atoms with Crippen LogP contribution >= 0.6 is 0 Å². The minimum Gasteiger partial charge on any atom is -0.312 e. The average molecular weight is 345 g/mol. The molecule has 7 heteroatoms. The zero-order chi connectivity index (χ0) is 17.2. The highest BCUT2D eigenvalue weighted by Gasteiger charge is 2.24. The van der Waals surface area contributed by atoms with Gasteiger partial charge in [-0.2, -0.15) is 0 Å². The summed E-state index contributed by atoms with van der Waals surface area (Å²) in [5.41, 5.74) is 2.11. The van der Waals surface area contributed by atoms with E-state index < -0.39 is 10.0 Å². The molecule has 1 N–H and O–H groups in total. The molecular weight excluding hydrogens is 326 g/mol. The fraction of sp³-hybridized carbons (Fsp3) is 0.294. The van der Waals surface area contributed by atoms with Gasteiger partial charge in [-0.3, -0.25) is 9.78 Å². The molecule has 0 aliphatic carbocycles. The third-order valence-corrected chi connectivity index (χ3v) is 5.61. The molecule has 0 unspecified atom stereocenters. The molecule has 0 saturated carbocycles. The molecule has 126 valence electrons. The van der Waals surface area contributed by atoms with Crippen LogP contribution in [0.25, 0.3) is 0 Å². The molecular formula is C17H19N3O3S.